The number of aromatic nitrogens is 1. The fourth-order valence-corrected chi connectivity index (χ4v) is 5.12. The second-order valence-electron chi connectivity index (χ2n) is 7.12. The molecule has 0 amide bonds. The summed E-state index contributed by atoms with van der Waals surface area (Å²) < 4.78 is 7.89. The Labute approximate surface area is 132 Å². The number of rotatable bonds is 3. The van der Waals surface area contributed by atoms with Crippen LogP contribution in [0.25, 0.3) is 0 Å². The third-order valence-electron chi connectivity index (χ3n) is 5.40. The van der Waals surface area contributed by atoms with Gasteiger partial charge in [-0.1, -0.05) is 6.07 Å². The van der Waals surface area contributed by atoms with Crippen LogP contribution in [0, 0.1) is 17.8 Å². The van der Waals surface area contributed by atoms with Gasteiger partial charge in [0.1, 0.15) is 5.60 Å². The van der Waals surface area contributed by atoms with Crippen LogP contribution in [0.3, 0.4) is 0 Å². The lowest BCUT2D eigenvalue weighted by Crippen LogP contribution is -3.00. The van der Waals surface area contributed by atoms with Gasteiger partial charge < -0.3 is 17.1 Å². The average molecular weight is 308 g/mol. The molecule has 3 nitrogen and oxygen atoms in total. The minimum Gasteiger partial charge on any atom is -1.00 e. The summed E-state index contributed by atoms with van der Waals surface area (Å²) in [4.78, 5) is 12.3. The van der Waals surface area contributed by atoms with Gasteiger partial charge in [0, 0.05) is 12.1 Å². The van der Waals surface area contributed by atoms with Gasteiger partial charge in [0.25, 0.3) is 0 Å². The summed E-state index contributed by atoms with van der Waals surface area (Å²) in [7, 11) is 0. The van der Waals surface area contributed by atoms with Crippen molar-refractivity contribution in [1.82, 2.24) is 0 Å². The van der Waals surface area contributed by atoms with E-state index < -0.39 is 0 Å². The normalized spacial score (nSPS) is 36.1. The molecule has 0 saturated heterocycles. The quantitative estimate of drug-likeness (QED) is 0.556. The molecule has 0 aliphatic heterocycles. The van der Waals surface area contributed by atoms with Crippen LogP contribution in [-0.4, -0.2) is 11.6 Å². The molecule has 0 N–H and O–H groups in total. The Kier molecular flexibility index (Phi) is 3.96. The zero-order valence-electron chi connectivity index (χ0n) is 12.2. The van der Waals surface area contributed by atoms with Crippen molar-refractivity contribution in [3.63, 3.8) is 0 Å². The fourth-order valence-electron chi connectivity index (χ4n) is 5.12. The van der Waals surface area contributed by atoms with Crippen molar-refractivity contribution in [3.8, 4) is 0 Å². The highest BCUT2D eigenvalue weighted by atomic mass is 35.5. The van der Waals surface area contributed by atoms with E-state index >= 15 is 0 Å². The van der Waals surface area contributed by atoms with Gasteiger partial charge in [0.05, 0.1) is 0 Å². The Morgan fingerprint density at radius 2 is 1.52 bits per heavy atom. The monoisotopic (exact) mass is 307 g/mol. The summed E-state index contributed by atoms with van der Waals surface area (Å²) >= 11 is 0. The molecule has 21 heavy (non-hydrogen) atoms. The molecule has 0 atom stereocenters. The molecule has 4 aliphatic rings. The van der Waals surface area contributed by atoms with Gasteiger partial charge in [-0.3, -0.25) is 0 Å². The SMILES string of the molecule is O=C(C[n+]1ccccc1)OC12CC3CC(CC(C3)C1)C2.[Cl-]. The molecule has 4 bridgehead atoms. The Balaban J connectivity index is 0.00000132. The maximum absolute atomic E-state index is 12.3. The molecule has 0 aromatic carbocycles. The van der Waals surface area contributed by atoms with E-state index in [-0.39, 0.29) is 24.0 Å². The van der Waals surface area contributed by atoms with Crippen molar-refractivity contribution in [2.75, 3.05) is 0 Å². The van der Waals surface area contributed by atoms with E-state index in [2.05, 4.69) is 0 Å². The Morgan fingerprint density at radius 1 is 1.00 bits per heavy atom. The molecule has 4 heteroatoms. The van der Waals surface area contributed by atoms with E-state index in [1.54, 1.807) is 0 Å². The van der Waals surface area contributed by atoms with Gasteiger partial charge >= 0.3 is 5.97 Å². The Bertz CT molecular complexity index is 481. The topological polar surface area (TPSA) is 30.2 Å². The first-order chi connectivity index (χ1) is 9.71. The summed E-state index contributed by atoms with van der Waals surface area (Å²) in [6, 6.07) is 5.84. The van der Waals surface area contributed by atoms with Crippen LogP contribution in [0.15, 0.2) is 30.6 Å². The van der Waals surface area contributed by atoms with Gasteiger partial charge in [-0.05, 0) is 56.3 Å². The van der Waals surface area contributed by atoms with Crippen molar-refractivity contribution >= 4 is 5.97 Å². The minimum atomic E-state index is -0.110. The predicted molar refractivity (Wildman–Crippen MR) is 73.6 cm³/mol. The zero-order chi connectivity index (χ0) is 13.6. The van der Waals surface area contributed by atoms with Gasteiger partial charge in [-0.2, -0.15) is 4.57 Å². The van der Waals surface area contributed by atoms with Gasteiger partial charge in [0.2, 0.25) is 6.54 Å². The summed E-state index contributed by atoms with van der Waals surface area (Å²) in [5, 5.41) is 0. The first kappa shape index (κ1) is 14.8. The third kappa shape index (κ3) is 2.94. The van der Waals surface area contributed by atoms with E-state index in [1.165, 1.54) is 19.3 Å². The number of hydrogen-bond donors (Lipinski definition) is 0. The number of carbonyl (C=O) groups excluding carboxylic acids is 1. The summed E-state index contributed by atoms with van der Waals surface area (Å²) in [6.07, 6.45) is 11.3. The zero-order valence-corrected chi connectivity index (χ0v) is 13.0. The molecule has 0 radical (unpaired) electrons. The standard InChI is InChI=1S/C17H22NO2.ClH/c19-16(12-18-4-2-1-3-5-18)20-17-9-13-6-14(10-17)8-15(7-13)11-17;/h1-5,13-15H,6-12H2;1H/q+1;/p-1. The molecule has 5 rings (SSSR count). The first-order valence-corrected chi connectivity index (χ1v) is 7.87. The van der Waals surface area contributed by atoms with Crippen LogP contribution in [-0.2, 0) is 16.1 Å². The number of nitrogens with zero attached hydrogens (tertiary/aromatic N) is 1. The summed E-state index contributed by atoms with van der Waals surface area (Å²) in [6.45, 7) is 0.336. The lowest BCUT2D eigenvalue weighted by molar-refractivity contribution is -0.686. The highest BCUT2D eigenvalue weighted by Crippen LogP contribution is 2.57. The second kappa shape index (κ2) is 5.60. The number of hydrogen-bond acceptors (Lipinski definition) is 2. The van der Waals surface area contributed by atoms with Gasteiger partial charge in [0.15, 0.2) is 12.4 Å². The molecule has 1 aromatic heterocycles. The fraction of sp³-hybridized carbons (Fsp3) is 0.647. The Hall–Kier alpha value is -1.09. The van der Waals surface area contributed by atoms with E-state index in [0.717, 1.165) is 37.0 Å². The van der Waals surface area contributed by atoms with E-state index in [4.69, 9.17) is 4.74 Å². The Morgan fingerprint density at radius 3 is 2.05 bits per heavy atom. The predicted octanol–water partition coefficient (Wildman–Crippen LogP) is -0.510. The molecule has 4 saturated carbocycles. The maximum atomic E-state index is 12.3. The smallest absolute Gasteiger partial charge is 0.373 e. The molecule has 114 valence electrons. The molecule has 0 unspecified atom stereocenters. The highest BCUT2D eigenvalue weighted by Gasteiger charge is 2.53. The van der Waals surface area contributed by atoms with Crippen molar-refractivity contribution in [1.29, 1.82) is 0 Å². The minimum absolute atomic E-state index is 0. The lowest BCUT2D eigenvalue weighted by Gasteiger charge is -2.55. The van der Waals surface area contributed by atoms with E-state index in [0.29, 0.717) is 6.54 Å². The lowest BCUT2D eigenvalue weighted by atomic mass is 9.54. The first-order valence-electron chi connectivity index (χ1n) is 7.87. The van der Waals surface area contributed by atoms with Crippen molar-refractivity contribution in [2.24, 2.45) is 17.8 Å². The van der Waals surface area contributed by atoms with Crippen molar-refractivity contribution < 1.29 is 26.5 Å². The number of halogens is 1. The average Bonchev–Trinajstić information content (AvgIpc) is 2.37. The molecule has 4 aliphatic carbocycles. The van der Waals surface area contributed by atoms with Crippen LogP contribution in [0.2, 0.25) is 0 Å². The van der Waals surface area contributed by atoms with E-state index in [1.807, 2.05) is 35.2 Å². The second-order valence-corrected chi connectivity index (χ2v) is 7.12. The van der Waals surface area contributed by atoms with Crippen LogP contribution < -0.4 is 17.0 Å². The molecular formula is C17H22ClNO2. The van der Waals surface area contributed by atoms with Crippen LogP contribution in [0.5, 0.6) is 0 Å². The molecule has 0 spiro atoms. The number of ether oxygens (including phenoxy) is 1. The van der Waals surface area contributed by atoms with Gasteiger partial charge in [-0.25, -0.2) is 4.79 Å². The molecule has 4 fully saturated rings. The van der Waals surface area contributed by atoms with E-state index in [9.17, 15) is 4.79 Å². The van der Waals surface area contributed by atoms with Crippen LogP contribution in [0.1, 0.15) is 38.5 Å². The number of esters is 1. The molecule has 1 heterocycles. The highest BCUT2D eigenvalue weighted by molar-refractivity contribution is 5.68. The van der Waals surface area contributed by atoms with Crippen molar-refractivity contribution in [2.45, 2.75) is 50.7 Å². The van der Waals surface area contributed by atoms with Crippen molar-refractivity contribution in [3.05, 3.63) is 30.6 Å². The number of carbonyl (C=O) groups is 1. The number of pyridine rings is 1. The third-order valence-corrected chi connectivity index (χ3v) is 5.40. The maximum Gasteiger partial charge on any atom is 0.373 e. The van der Waals surface area contributed by atoms with Crippen LogP contribution in [0.4, 0.5) is 0 Å². The molecular weight excluding hydrogens is 286 g/mol. The summed E-state index contributed by atoms with van der Waals surface area (Å²) in [5.74, 6) is 2.39. The van der Waals surface area contributed by atoms with Crippen LogP contribution >= 0.6 is 0 Å². The summed E-state index contributed by atoms with van der Waals surface area (Å²) in [5.41, 5.74) is -0.110. The molecule has 1 aromatic rings. The largest absolute Gasteiger partial charge is 1.00 e. The van der Waals surface area contributed by atoms with Gasteiger partial charge in [-0.15, -0.1) is 0 Å².